The van der Waals surface area contributed by atoms with Crippen LogP contribution in [0.15, 0.2) is 18.2 Å². The summed E-state index contributed by atoms with van der Waals surface area (Å²) in [5.74, 6) is -0.240. The van der Waals surface area contributed by atoms with Crippen molar-refractivity contribution >= 4 is 17.3 Å². The second kappa shape index (κ2) is 6.54. The standard InChI is InChI=1S/C16H22N4O3/c1-17-13-6-5-11(20(22)23)10-12(13)16(21)18-14-7-9-19-8-3-2-4-15(14)19/h5-6,10,14-15,17H,2-4,7-9H2,1H3,(H,18,21)/t14-,15+/m1/s1. The maximum atomic E-state index is 12.6. The molecule has 1 amide bonds. The lowest BCUT2D eigenvalue weighted by atomic mass is 9.98. The summed E-state index contributed by atoms with van der Waals surface area (Å²) in [5, 5.41) is 17.0. The van der Waals surface area contributed by atoms with Crippen molar-refractivity contribution in [1.82, 2.24) is 10.2 Å². The number of hydrogen-bond acceptors (Lipinski definition) is 5. The van der Waals surface area contributed by atoms with Crippen molar-refractivity contribution in [1.29, 1.82) is 0 Å². The van der Waals surface area contributed by atoms with Gasteiger partial charge in [-0.3, -0.25) is 19.8 Å². The monoisotopic (exact) mass is 318 g/mol. The molecule has 0 aliphatic carbocycles. The second-order valence-electron chi connectivity index (χ2n) is 6.20. The van der Waals surface area contributed by atoms with Crippen LogP contribution >= 0.6 is 0 Å². The van der Waals surface area contributed by atoms with E-state index in [1.807, 2.05) is 0 Å². The normalized spacial score (nSPS) is 24.0. The van der Waals surface area contributed by atoms with E-state index in [2.05, 4.69) is 15.5 Å². The third-order valence-corrected chi connectivity index (χ3v) is 4.90. The Labute approximate surface area is 135 Å². The molecule has 0 spiro atoms. The first-order valence-electron chi connectivity index (χ1n) is 8.11. The van der Waals surface area contributed by atoms with Crippen molar-refractivity contribution in [3.05, 3.63) is 33.9 Å². The van der Waals surface area contributed by atoms with Crippen molar-refractivity contribution in [2.45, 2.75) is 37.8 Å². The van der Waals surface area contributed by atoms with Crippen LogP contribution in [0.3, 0.4) is 0 Å². The number of benzene rings is 1. The summed E-state index contributed by atoms with van der Waals surface area (Å²) in [6.07, 6.45) is 4.48. The van der Waals surface area contributed by atoms with Crippen LogP contribution in [0.2, 0.25) is 0 Å². The molecule has 2 N–H and O–H groups in total. The van der Waals surface area contributed by atoms with E-state index in [0.717, 1.165) is 25.9 Å². The number of carbonyl (C=O) groups is 1. The molecular weight excluding hydrogens is 296 g/mol. The lowest BCUT2D eigenvalue weighted by molar-refractivity contribution is -0.384. The first kappa shape index (κ1) is 15.7. The van der Waals surface area contributed by atoms with Crippen LogP contribution in [-0.4, -0.2) is 48.0 Å². The van der Waals surface area contributed by atoms with Gasteiger partial charge in [0, 0.05) is 43.5 Å². The minimum absolute atomic E-state index is 0.0696. The predicted octanol–water partition coefficient (Wildman–Crippen LogP) is 1.99. The average Bonchev–Trinajstić information content (AvgIpc) is 2.97. The molecule has 0 unspecified atom stereocenters. The molecule has 3 rings (SSSR count). The Morgan fingerprint density at radius 2 is 2.13 bits per heavy atom. The van der Waals surface area contributed by atoms with E-state index in [9.17, 15) is 14.9 Å². The Kier molecular flexibility index (Phi) is 4.47. The third kappa shape index (κ3) is 3.14. The summed E-state index contributed by atoms with van der Waals surface area (Å²) in [6, 6.07) is 4.86. The zero-order valence-corrected chi connectivity index (χ0v) is 13.2. The van der Waals surface area contributed by atoms with Crippen molar-refractivity contribution in [2.24, 2.45) is 0 Å². The minimum Gasteiger partial charge on any atom is -0.387 e. The third-order valence-electron chi connectivity index (χ3n) is 4.90. The van der Waals surface area contributed by atoms with Crippen LogP contribution in [0.1, 0.15) is 36.0 Å². The van der Waals surface area contributed by atoms with Crippen LogP contribution in [-0.2, 0) is 0 Å². The Hall–Kier alpha value is -2.15. The van der Waals surface area contributed by atoms with Gasteiger partial charge in [-0.15, -0.1) is 0 Å². The summed E-state index contributed by atoms with van der Waals surface area (Å²) < 4.78 is 0. The number of amides is 1. The molecule has 7 nitrogen and oxygen atoms in total. The predicted molar refractivity (Wildman–Crippen MR) is 87.7 cm³/mol. The van der Waals surface area contributed by atoms with E-state index in [-0.39, 0.29) is 17.6 Å². The van der Waals surface area contributed by atoms with Crippen LogP contribution in [0, 0.1) is 10.1 Å². The Morgan fingerprint density at radius 1 is 1.30 bits per heavy atom. The van der Waals surface area contributed by atoms with Gasteiger partial charge in [0.1, 0.15) is 0 Å². The van der Waals surface area contributed by atoms with Crippen molar-refractivity contribution < 1.29 is 9.72 Å². The van der Waals surface area contributed by atoms with Gasteiger partial charge < -0.3 is 10.6 Å². The fourth-order valence-electron chi connectivity index (χ4n) is 3.71. The highest BCUT2D eigenvalue weighted by atomic mass is 16.6. The van der Waals surface area contributed by atoms with Gasteiger partial charge in [-0.1, -0.05) is 6.42 Å². The lowest BCUT2D eigenvalue weighted by Gasteiger charge is -2.32. The number of nitrogens with one attached hydrogen (secondary N) is 2. The van der Waals surface area contributed by atoms with E-state index < -0.39 is 4.92 Å². The van der Waals surface area contributed by atoms with Gasteiger partial charge >= 0.3 is 0 Å². The van der Waals surface area contributed by atoms with Gasteiger partial charge in [-0.05, 0) is 31.9 Å². The van der Waals surface area contributed by atoms with E-state index >= 15 is 0 Å². The summed E-state index contributed by atoms with van der Waals surface area (Å²) in [7, 11) is 1.70. The van der Waals surface area contributed by atoms with Gasteiger partial charge in [0.2, 0.25) is 0 Å². The number of nitrogens with zero attached hydrogens (tertiary/aromatic N) is 2. The van der Waals surface area contributed by atoms with Gasteiger partial charge in [0.05, 0.1) is 10.5 Å². The summed E-state index contributed by atoms with van der Waals surface area (Å²) >= 11 is 0. The molecule has 0 aromatic heterocycles. The first-order valence-corrected chi connectivity index (χ1v) is 8.11. The summed E-state index contributed by atoms with van der Waals surface area (Å²) in [5.41, 5.74) is 0.863. The SMILES string of the molecule is CNc1ccc([N+](=O)[O-])cc1C(=O)N[C@@H]1CCN2CCCC[C@@H]12. The maximum absolute atomic E-state index is 12.6. The molecular formula is C16H22N4O3. The number of anilines is 1. The Balaban J connectivity index is 1.77. The number of nitro groups is 1. The van der Waals surface area contributed by atoms with Crippen LogP contribution in [0.5, 0.6) is 0 Å². The van der Waals surface area contributed by atoms with Crippen LogP contribution in [0.25, 0.3) is 0 Å². The number of rotatable bonds is 4. The van der Waals surface area contributed by atoms with Gasteiger partial charge in [-0.25, -0.2) is 0 Å². The fourth-order valence-corrected chi connectivity index (χ4v) is 3.71. The Morgan fingerprint density at radius 3 is 2.87 bits per heavy atom. The van der Waals surface area contributed by atoms with E-state index in [1.54, 1.807) is 13.1 Å². The molecule has 0 radical (unpaired) electrons. The summed E-state index contributed by atoms with van der Waals surface area (Å²) in [6.45, 7) is 2.12. The molecule has 7 heteroatoms. The number of fused-ring (bicyclic) bond motifs is 1. The molecule has 124 valence electrons. The molecule has 2 atom stereocenters. The largest absolute Gasteiger partial charge is 0.387 e. The van der Waals surface area contributed by atoms with Crippen LogP contribution in [0.4, 0.5) is 11.4 Å². The average molecular weight is 318 g/mol. The van der Waals surface area contributed by atoms with Gasteiger partial charge in [0.15, 0.2) is 0 Å². The molecule has 2 aliphatic rings. The molecule has 0 saturated carbocycles. The molecule has 0 bridgehead atoms. The van der Waals surface area contributed by atoms with Gasteiger partial charge in [-0.2, -0.15) is 0 Å². The highest BCUT2D eigenvalue weighted by Gasteiger charge is 2.36. The van der Waals surface area contributed by atoms with Gasteiger partial charge in [0.25, 0.3) is 11.6 Å². The highest BCUT2D eigenvalue weighted by Crippen LogP contribution is 2.28. The smallest absolute Gasteiger partial charge is 0.270 e. The maximum Gasteiger partial charge on any atom is 0.270 e. The zero-order valence-electron chi connectivity index (χ0n) is 13.2. The molecule has 2 aliphatic heterocycles. The van der Waals surface area contributed by atoms with Crippen LogP contribution < -0.4 is 10.6 Å². The number of hydrogen-bond donors (Lipinski definition) is 2. The number of carbonyl (C=O) groups excluding carboxylic acids is 1. The minimum atomic E-state index is -0.478. The number of nitro benzene ring substituents is 1. The van der Waals surface area contributed by atoms with Crippen molar-refractivity contribution in [2.75, 3.05) is 25.5 Å². The molecule has 1 aromatic rings. The number of piperidine rings is 1. The van der Waals surface area contributed by atoms with E-state index in [4.69, 9.17) is 0 Å². The van der Waals surface area contributed by atoms with Crippen molar-refractivity contribution in [3.8, 4) is 0 Å². The Bertz CT molecular complexity index is 619. The van der Waals surface area contributed by atoms with Crippen molar-refractivity contribution in [3.63, 3.8) is 0 Å². The first-order chi connectivity index (χ1) is 11.1. The molecule has 2 saturated heterocycles. The highest BCUT2D eigenvalue weighted by molar-refractivity contribution is 6.00. The molecule has 2 fully saturated rings. The molecule has 2 heterocycles. The zero-order chi connectivity index (χ0) is 16.4. The topological polar surface area (TPSA) is 87.5 Å². The lowest BCUT2D eigenvalue weighted by Crippen LogP contribution is -2.46. The quantitative estimate of drug-likeness (QED) is 0.655. The van der Waals surface area contributed by atoms with E-state index in [1.165, 1.54) is 25.0 Å². The second-order valence-corrected chi connectivity index (χ2v) is 6.20. The fraction of sp³-hybridized carbons (Fsp3) is 0.562. The summed E-state index contributed by atoms with van der Waals surface area (Å²) in [4.78, 5) is 25.6. The molecule has 23 heavy (non-hydrogen) atoms. The molecule has 1 aromatic carbocycles. The number of non-ortho nitro benzene ring substituents is 1. The van der Waals surface area contributed by atoms with E-state index in [0.29, 0.717) is 17.3 Å².